The van der Waals surface area contributed by atoms with Crippen LogP contribution < -0.4 is 5.32 Å². The van der Waals surface area contributed by atoms with Crippen LogP contribution in [0.1, 0.15) is 17.5 Å². The SMILES string of the molecule is FC(F)(F)c1cc([C@@]2(C(F)(F)F)CCNC2)cc(Cl)c1Cl. The molecule has 0 radical (unpaired) electrons. The predicted molar refractivity (Wildman–Crippen MR) is 66.7 cm³/mol. The molecule has 1 heterocycles. The summed E-state index contributed by atoms with van der Waals surface area (Å²) < 4.78 is 78.7. The Morgan fingerprint density at radius 2 is 1.67 bits per heavy atom. The monoisotopic (exact) mass is 351 g/mol. The van der Waals surface area contributed by atoms with Crippen LogP contribution in [0.5, 0.6) is 0 Å². The van der Waals surface area contributed by atoms with Crippen molar-refractivity contribution in [1.82, 2.24) is 5.32 Å². The standard InChI is InChI=1S/C12H9Cl2F6N/c13-8-4-6(3-7(9(8)14)11(15,16)17)10(12(18,19)20)1-2-21-5-10/h3-4,21H,1-2,5H2/t10-/m1/s1. The van der Waals surface area contributed by atoms with E-state index in [4.69, 9.17) is 23.2 Å². The van der Waals surface area contributed by atoms with Gasteiger partial charge in [0.15, 0.2) is 0 Å². The number of hydrogen-bond donors (Lipinski definition) is 1. The number of alkyl halides is 6. The third-order valence-electron chi connectivity index (χ3n) is 3.58. The lowest BCUT2D eigenvalue weighted by molar-refractivity contribution is -0.185. The first-order valence-electron chi connectivity index (χ1n) is 5.83. The van der Waals surface area contributed by atoms with E-state index >= 15 is 0 Å². The highest BCUT2D eigenvalue weighted by molar-refractivity contribution is 6.42. The Bertz CT molecular complexity index is 546. The van der Waals surface area contributed by atoms with Gasteiger partial charge in [-0.2, -0.15) is 26.3 Å². The molecule has 0 bridgehead atoms. The van der Waals surface area contributed by atoms with Crippen molar-refractivity contribution in [3.63, 3.8) is 0 Å². The highest BCUT2D eigenvalue weighted by Gasteiger charge is 2.57. The summed E-state index contributed by atoms with van der Waals surface area (Å²) in [4.78, 5) is 0. The zero-order valence-corrected chi connectivity index (χ0v) is 11.8. The van der Waals surface area contributed by atoms with Crippen LogP contribution in [-0.4, -0.2) is 19.3 Å². The van der Waals surface area contributed by atoms with Gasteiger partial charge in [0.2, 0.25) is 0 Å². The first-order chi connectivity index (χ1) is 9.49. The molecule has 0 aromatic heterocycles. The lowest BCUT2D eigenvalue weighted by Gasteiger charge is -2.32. The van der Waals surface area contributed by atoms with Crippen molar-refractivity contribution in [2.45, 2.75) is 24.2 Å². The van der Waals surface area contributed by atoms with Gasteiger partial charge in [-0.1, -0.05) is 23.2 Å². The average molecular weight is 352 g/mol. The quantitative estimate of drug-likeness (QED) is 0.716. The van der Waals surface area contributed by atoms with Crippen molar-refractivity contribution < 1.29 is 26.3 Å². The van der Waals surface area contributed by atoms with E-state index in [9.17, 15) is 26.3 Å². The Labute approximate surface area is 126 Å². The highest BCUT2D eigenvalue weighted by Crippen LogP contribution is 2.48. The molecule has 1 aromatic carbocycles. The molecule has 2 rings (SSSR count). The van der Waals surface area contributed by atoms with E-state index in [0.29, 0.717) is 6.07 Å². The smallest absolute Gasteiger partial charge is 0.315 e. The summed E-state index contributed by atoms with van der Waals surface area (Å²) in [5.74, 6) is 0. The Morgan fingerprint density at radius 1 is 1.05 bits per heavy atom. The first-order valence-corrected chi connectivity index (χ1v) is 6.59. The van der Waals surface area contributed by atoms with Gasteiger partial charge in [0.1, 0.15) is 5.41 Å². The molecule has 1 saturated heterocycles. The molecule has 0 spiro atoms. The Hall–Kier alpha value is -0.660. The maximum atomic E-state index is 13.4. The molecule has 1 aliphatic rings. The first kappa shape index (κ1) is 16.7. The fourth-order valence-electron chi connectivity index (χ4n) is 2.42. The molecule has 1 aliphatic heterocycles. The molecule has 1 atom stereocenters. The van der Waals surface area contributed by atoms with E-state index in [2.05, 4.69) is 5.32 Å². The van der Waals surface area contributed by atoms with E-state index in [1.165, 1.54) is 0 Å². The van der Waals surface area contributed by atoms with Crippen LogP contribution in [0.15, 0.2) is 12.1 Å². The molecule has 9 heteroatoms. The fraction of sp³-hybridized carbons (Fsp3) is 0.500. The summed E-state index contributed by atoms with van der Waals surface area (Å²) in [5, 5.41) is 1.19. The van der Waals surface area contributed by atoms with Crippen LogP contribution in [0, 0.1) is 0 Å². The maximum absolute atomic E-state index is 13.4. The minimum atomic E-state index is -4.88. The topological polar surface area (TPSA) is 12.0 Å². The van der Waals surface area contributed by atoms with Gasteiger partial charge < -0.3 is 5.32 Å². The van der Waals surface area contributed by atoms with Crippen molar-refractivity contribution in [3.05, 3.63) is 33.3 Å². The normalized spacial score (nSPS) is 23.6. The summed E-state index contributed by atoms with van der Waals surface area (Å²) in [6.07, 6.45) is -9.93. The molecule has 0 aliphatic carbocycles. The number of benzene rings is 1. The van der Waals surface area contributed by atoms with Crippen molar-refractivity contribution in [2.75, 3.05) is 13.1 Å². The predicted octanol–water partition coefficient (Wildman–Crippen LogP) is 4.81. The molecular formula is C12H9Cl2F6N. The van der Waals surface area contributed by atoms with E-state index in [1.807, 2.05) is 0 Å². The number of halogens is 8. The summed E-state index contributed by atoms with van der Waals surface area (Å²) in [7, 11) is 0. The van der Waals surface area contributed by atoms with Gasteiger partial charge >= 0.3 is 12.4 Å². The van der Waals surface area contributed by atoms with Crippen LogP contribution in [0.2, 0.25) is 10.0 Å². The average Bonchev–Trinajstić information content (AvgIpc) is 2.80. The molecule has 0 saturated carbocycles. The minimum Gasteiger partial charge on any atom is -0.315 e. The molecule has 0 amide bonds. The van der Waals surface area contributed by atoms with E-state index < -0.39 is 45.5 Å². The second-order valence-corrected chi connectivity index (χ2v) is 5.61. The van der Waals surface area contributed by atoms with E-state index in [0.717, 1.165) is 6.07 Å². The molecular weight excluding hydrogens is 343 g/mol. The zero-order chi connectivity index (χ0) is 16.1. The maximum Gasteiger partial charge on any atom is 0.417 e. The Balaban J connectivity index is 2.66. The van der Waals surface area contributed by atoms with Gasteiger partial charge in [0, 0.05) is 6.54 Å². The van der Waals surface area contributed by atoms with E-state index in [1.54, 1.807) is 0 Å². The van der Waals surface area contributed by atoms with Crippen LogP contribution in [0.4, 0.5) is 26.3 Å². The third-order valence-corrected chi connectivity index (χ3v) is 4.39. The second kappa shape index (κ2) is 5.21. The minimum absolute atomic E-state index is 0.0567. The van der Waals surface area contributed by atoms with Crippen molar-refractivity contribution in [3.8, 4) is 0 Å². The van der Waals surface area contributed by atoms with Gasteiger partial charge in [0.25, 0.3) is 0 Å². The summed E-state index contributed by atoms with van der Waals surface area (Å²) in [6, 6.07) is 1.30. The van der Waals surface area contributed by atoms with Gasteiger partial charge in [-0.3, -0.25) is 0 Å². The lowest BCUT2D eigenvalue weighted by Crippen LogP contribution is -2.44. The molecule has 1 aromatic rings. The van der Waals surface area contributed by atoms with Crippen LogP contribution >= 0.6 is 23.2 Å². The molecule has 0 unspecified atom stereocenters. The molecule has 1 N–H and O–H groups in total. The molecule has 118 valence electrons. The third kappa shape index (κ3) is 2.83. The van der Waals surface area contributed by atoms with Crippen molar-refractivity contribution >= 4 is 23.2 Å². The largest absolute Gasteiger partial charge is 0.417 e. The lowest BCUT2D eigenvalue weighted by atomic mass is 9.78. The molecule has 1 fully saturated rings. The van der Waals surface area contributed by atoms with Crippen LogP contribution in [0.25, 0.3) is 0 Å². The molecule has 1 nitrogen and oxygen atoms in total. The van der Waals surface area contributed by atoms with Gasteiger partial charge in [-0.15, -0.1) is 0 Å². The van der Waals surface area contributed by atoms with Gasteiger partial charge in [-0.25, -0.2) is 0 Å². The van der Waals surface area contributed by atoms with Crippen LogP contribution in [-0.2, 0) is 11.6 Å². The highest BCUT2D eigenvalue weighted by atomic mass is 35.5. The summed E-state index contributed by atoms with van der Waals surface area (Å²) in [6.45, 7) is -0.438. The van der Waals surface area contributed by atoms with Gasteiger partial charge in [0.05, 0.1) is 15.6 Å². The van der Waals surface area contributed by atoms with Crippen molar-refractivity contribution in [1.29, 1.82) is 0 Å². The summed E-state index contributed by atoms with van der Waals surface area (Å²) in [5.41, 5.74) is -4.27. The second-order valence-electron chi connectivity index (χ2n) is 4.82. The van der Waals surface area contributed by atoms with Gasteiger partial charge in [-0.05, 0) is 30.7 Å². The fourth-order valence-corrected chi connectivity index (χ4v) is 2.85. The molecule has 21 heavy (non-hydrogen) atoms. The summed E-state index contributed by atoms with van der Waals surface area (Å²) >= 11 is 11.1. The number of nitrogens with one attached hydrogen (secondary N) is 1. The Morgan fingerprint density at radius 3 is 2.10 bits per heavy atom. The van der Waals surface area contributed by atoms with Crippen LogP contribution in [0.3, 0.4) is 0 Å². The Kier molecular flexibility index (Phi) is 4.14. The van der Waals surface area contributed by atoms with E-state index in [-0.39, 0.29) is 13.0 Å². The van der Waals surface area contributed by atoms with Crippen molar-refractivity contribution in [2.24, 2.45) is 0 Å². The zero-order valence-electron chi connectivity index (χ0n) is 10.3. The number of rotatable bonds is 1. The number of hydrogen-bond acceptors (Lipinski definition) is 1.